The van der Waals surface area contributed by atoms with Crippen LogP contribution in [-0.4, -0.2) is 46.3 Å². The van der Waals surface area contributed by atoms with Crippen LogP contribution in [0.25, 0.3) is 0 Å². The fourth-order valence-corrected chi connectivity index (χ4v) is 7.13. The fraction of sp³-hybridized carbons (Fsp3) is 1.00. The quantitative estimate of drug-likeness (QED) is 0.548. The smallest absolute Gasteiger partial charge is 0.154 e. The number of aliphatic hydroxyl groups is 1. The molecule has 0 aromatic carbocycles. The maximum absolute atomic E-state index is 12.1. The van der Waals surface area contributed by atoms with Crippen LogP contribution in [0.3, 0.4) is 0 Å². The summed E-state index contributed by atoms with van der Waals surface area (Å²) in [7, 11) is -4.40. The molecule has 0 amide bonds. The molecule has 0 bridgehead atoms. The largest absolute Gasteiger partial charge is 0.391 e. The lowest BCUT2D eigenvalue weighted by atomic mass is 10.1. The summed E-state index contributed by atoms with van der Waals surface area (Å²) in [6.07, 6.45) is 11.3. The Bertz CT molecular complexity index is 420. The molecule has 1 heterocycles. The van der Waals surface area contributed by atoms with Crippen LogP contribution >= 0.6 is 0 Å². The van der Waals surface area contributed by atoms with Crippen molar-refractivity contribution in [1.82, 2.24) is 0 Å². The van der Waals surface area contributed by atoms with Gasteiger partial charge in [0.15, 0.2) is 9.84 Å². The van der Waals surface area contributed by atoms with E-state index in [2.05, 4.69) is 6.92 Å². The highest BCUT2D eigenvalue weighted by Crippen LogP contribution is 2.19. The average molecular weight is 353 g/mol. The Labute approximate surface area is 138 Å². The molecule has 1 aliphatic rings. The van der Waals surface area contributed by atoms with Crippen LogP contribution in [0.1, 0.15) is 71.1 Å². The summed E-state index contributed by atoms with van der Waals surface area (Å²) < 4.78 is 34.9. The molecule has 0 aromatic heterocycles. The van der Waals surface area contributed by atoms with E-state index in [0.29, 0.717) is 5.75 Å². The van der Waals surface area contributed by atoms with Gasteiger partial charge in [-0.3, -0.25) is 4.21 Å². The molecule has 0 unspecified atom stereocenters. The second kappa shape index (κ2) is 10.8. The molecule has 4 nitrogen and oxygen atoms in total. The Hall–Kier alpha value is 0.0600. The van der Waals surface area contributed by atoms with Crippen molar-refractivity contribution in [2.45, 2.75) is 82.5 Å². The third-order valence-corrected chi connectivity index (χ3v) is 8.08. The van der Waals surface area contributed by atoms with Crippen molar-refractivity contribution in [1.29, 1.82) is 0 Å². The summed E-state index contributed by atoms with van der Waals surface area (Å²) in [5.74, 6) is 0.188. The number of hydrogen-bond acceptors (Lipinski definition) is 4. The van der Waals surface area contributed by atoms with Crippen molar-refractivity contribution in [3.63, 3.8) is 0 Å². The molecule has 0 radical (unpaired) electrons. The van der Waals surface area contributed by atoms with Crippen molar-refractivity contribution in [3.05, 3.63) is 0 Å². The summed E-state index contributed by atoms with van der Waals surface area (Å²) in [5.41, 5.74) is 0. The SMILES string of the molecule is CCCCCCCCCCCC[S@](=O)[C@H]1CS(=O)(=O)C[C@H]1O. The molecular formula is C16H32O4S2. The predicted octanol–water partition coefficient (Wildman–Crippen LogP) is 2.81. The third kappa shape index (κ3) is 8.06. The van der Waals surface area contributed by atoms with Crippen LogP contribution in [0, 0.1) is 0 Å². The highest BCUT2D eigenvalue weighted by atomic mass is 32.2. The molecule has 0 aromatic rings. The number of sulfone groups is 1. The maximum atomic E-state index is 12.1. The molecule has 1 rings (SSSR count). The zero-order valence-electron chi connectivity index (χ0n) is 13.8. The third-order valence-electron chi connectivity index (χ3n) is 4.31. The second-order valence-corrected chi connectivity index (χ2v) is 10.4. The minimum absolute atomic E-state index is 0.113. The van der Waals surface area contributed by atoms with Gasteiger partial charge >= 0.3 is 0 Å². The summed E-state index contributed by atoms with van der Waals surface area (Å²) in [4.78, 5) is 0. The van der Waals surface area contributed by atoms with E-state index in [1.807, 2.05) is 0 Å². The number of hydrogen-bond donors (Lipinski definition) is 1. The van der Waals surface area contributed by atoms with Gasteiger partial charge in [0.05, 0.1) is 22.9 Å². The van der Waals surface area contributed by atoms with Crippen LogP contribution in [0.2, 0.25) is 0 Å². The van der Waals surface area contributed by atoms with Gasteiger partial charge in [0.1, 0.15) is 0 Å². The van der Waals surface area contributed by atoms with Gasteiger partial charge in [-0.1, -0.05) is 64.7 Å². The average Bonchev–Trinajstić information content (AvgIpc) is 2.74. The first-order valence-corrected chi connectivity index (χ1v) is 11.9. The Morgan fingerprint density at radius 3 is 1.86 bits per heavy atom. The first-order valence-electron chi connectivity index (χ1n) is 8.72. The number of aliphatic hydroxyl groups excluding tert-OH is 1. The van der Waals surface area contributed by atoms with E-state index in [0.717, 1.165) is 19.3 Å². The van der Waals surface area contributed by atoms with Crippen LogP contribution in [0.5, 0.6) is 0 Å². The van der Waals surface area contributed by atoms with Gasteiger partial charge in [0.25, 0.3) is 0 Å². The van der Waals surface area contributed by atoms with Crippen LogP contribution < -0.4 is 0 Å². The number of unbranched alkanes of at least 4 members (excludes halogenated alkanes) is 9. The van der Waals surface area contributed by atoms with Gasteiger partial charge in [-0.05, 0) is 6.42 Å². The molecule has 6 heteroatoms. The molecule has 0 saturated carbocycles. The normalized spacial score (nSPS) is 25.4. The summed E-state index contributed by atoms with van der Waals surface area (Å²) >= 11 is 0. The molecule has 3 atom stereocenters. The lowest BCUT2D eigenvalue weighted by Gasteiger charge is -2.12. The Morgan fingerprint density at radius 1 is 0.909 bits per heavy atom. The van der Waals surface area contributed by atoms with Crippen molar-refractivity contribution in [2.24, 2.45) is 0 Å². The fourth-order valence-electron chi connectivity index (χ4n) is 2.93. The van der Waals surface area contributed by atoms with E-state index >= 15 is 0 Å². The minimum Gasteiger partial charge on any atom is -0.391 e. The van der Waals surface area contributed by atoms with Gasteiger partial charge in [-0.2, -0.15) is 0 Å². The molecule has 22 heavy (non-hydrogen) atoms. The van der Waals surface area contributed by atoms with E-state index < -0.39 is 32.0 Å². The molecule has 0 aliphatic carbocycles. The molecule has 132 valence electrons. The first kappa shape index (κ1) is 20.1. The Morgan fingerprint density at radius 2 is 1.41 bits per heavy atom. The van der Waals surface area contributed by atoms with Crippen molar-refractivity contribution in [2.75, 3.05) is 17.3 Å². The van der Waals surface area contributed by atoms with Gasteiger partial charge in [-0.15, -0.1) is 0 Å². The van der Waals surface area contributed by atoms with E-state index in [4.69, 9.17) is 0 Å². The van der Waals surface area contributed by atoms with Crippen LogP contribution in [-0.2, 0) is 20.6 Å². The Kier molecular flexibility index (Phi) is 9.84. The Balaban J connectivity index is 2.00. The van der Waals surface area contributed by atoms with Crippen LogP contribution in [0.15, 0.2) is 0 Å². The topological polar surface area (TPSA) is 71.4 Å². The van der Waals surface area contributed by atoms with Gasteiger partial charge in [0.2, 0.25) is 0 Å². The summed E-state index contributed by atoms with van der Waals surface area (Å²) in [6, 6.07) is 0. The molecule has 0 spiro atoms. The van der Waals surface area contributed by atoms with E-state index in [1.165, 1.54) is 44.9 Å². The molecule has 1 fully saturated rings. The van der Waals surface area contributed by atoms with Crippen molar-refractivity contribution < 1.29 is 17.7 Å². The van der Waals surface area contributed by atoms with E-state index in [1.54, 1.807) is 0 Å². The second-order valence-electron chi connectivity index (χ2n) is 6.45. The lowest BCUT2D eigenvalue weighted by molar-refractivity contribution is 0.206. The van der Waals surface area contributed by atoms with E-state index in [9.17, 15) is 17.7 Å². The molecule has 1 N–H and O–H groups in total. The monoisotopic (exact) mass is 352 g/mol. The standard InChI is InChI=1S/C16H32O4S2/c1-2-3-4-5-6-7-8-9-10-11-12-21(18)16-14-22(19,20)13-15(16)17/h15-17H,2-14H2,1H3/t15-,16+,21+/m1/s1. The zero-order chi connectivity index (χ0) is 16.4. The highest BCUT2D eigenvalue weighted by Gasteiger charge is 2.39. The highest BCUT2D eigenvalue weighted by molar-refractivity contribution is 7.94. The van der Waals surface area contributed by atoms with Gasteiger partial charge in [0, 0.05) is 16.6 Å². The van der Waals surface area contributed by atoms with Crippen molar-refractivity contribution >= 4 is 20.6 Å². The lowest BCUT2D eigenvalue weighted by Crippen LogP contribution is -2.30. The predicted molar refractivity (Wildman–Crippen MR) is 93.3 cm³/mol. The summed E-state index contributed by atoms with van der Waals surface area (Å²) in [5, 5.41) is 9.12. The van der Waals surface area contributed by atoms with E-state index in [-0.39, 0.29) is 11.5 Å². The van der Waals surface area contributed by atoms with Crippen LogP contribution in [0.4, 0.5) is 0 Å². The molecule has 1 aliphatic heterocycles. The summed E-state index contributed by atoms with van der Waals surface area (Å²) in [6.45, 7) is 2.23. The first-order chi connectivity index (χ1) is 10.5. The van der Waals surface area contributed by atoms with Crippen molar-refractivity contribution in [3.8, 4) is 0 Å². The zero-order valence-corrected chi connectivity index (χ0v) is 15.5. The number of rotatable bonds is 12. The van der Waals surface area contributed by atoms with Gasteiger partial charge in [-0.25, -0.2) is 8.42 Å². The maximum Gasteiger partial charge on any atom is 0.154 e. The molecular weight excluding hydrogens is 320 g/mol. The van der Waals surface area contributed by atoms with Gasteiger partial charge < -0.3 is 5.11 Å². The molecule has 1 saturated heterocycles. The minimum atomic E-state index is -3.19.